The van der Waals surface area contributed by atoms with Gasteiger partial charge in [-0.05, 0) is 68.7 Å². The third-order valence-electron chi connectivity index (χ3n) is 5.32. The van der Waals surface area contributed by atoms with Gasteiger partial charge in [-0.25, -0.2) is 0 Å². The Hall–Kier alpha value is -0.780. The molecule has 0 aromatic carbocycles. The van der Waals surface area contributed by atoms with E-state index in [4.69, 9.17) is 0 Å². The first-order valence-electron chi connectivity index (χ1n) is 6.44. The zero-order chi connectivity index (χ0) is 12.2. The molecule has 0 heterocycles. The molecule has 16 heavy (non-hydrogen) atoms. The molecule has 0 amide bonds. The Morgan fingerprint density at radius 2 is 1.25 bits per heavy atom. The van der Waals surface area contributed by atoms with Gasteiger partial charge in [-0.2, -0.15) is 0 Å². The van der Waals surface area contributed by atoms with Crippen molar-refractivity contribution in [1.82, 2.24) is 0 Å². The van der Waals surface area contributed by atoms with E-state index >= 15 is 0 Å². The summed E-state index contributed by atoms with van der Waals surface area (Å²) in [6.07, 6.45) is 0. The van der Waals surface area contributed by atoms with Gasteiger partial charge in [0.2, 0.25) is 0 Å². The highest BCUT2D eigenvalue weighted by atomic mass is 14.4. The van der Waals surface area contributed by atoms with Crippen LogP contribution in [-0.4, -0.2) is 0 Å². The van der Waals surface area contributed by atoms with E-state index in [1.807, 2.05) is 0 Å². The number of allylic oxidation sites excluding steroid dienone is 6. The molecule has 0 radical (unpaired) electrons. The minimum absolute atomic E-state index is 0.693. The van der Waals surface area contributed by atoms with Crippen molar-refractivity contribution in [3.8, 4) is 0 Å². The Morgan fingerprint density at radius 1 is 0.688 bits per heavy atom. The third kappa shape index (κ3) is 1.28. The second-order valence-electron chi connectivity index (χ2n) is 5.78. The predicted octanol–water partition coefficient (Wildman–Crippen LogP) is 4.89. The van der Waals surface area contributed by atoms with Crippen molar-refractivity contribution in [3.63, 3.8) is 0 Å². The van der Waals surface area contributed by atoms with Crippen molar-refractivity contribution >= 4 is 0 Å². The lowest BCUT2D eigenvalue weighted by molar-refractivity contribution is 0.402. The summed E-state index contributed by atoms with van der Waals surface area (Å²) < 4.78 is 0. The lowest BCUT2D eigenvalue weighted by atomic mass is 9.74. The molecule has 2 rings (SSSR count). The normalized spacial score (nSPS) is 35.1. The summed E-state index contributed by atoms with van der Waals surface area (Å²) in [4.78, 5) is 0. The lowest BCUT2D eigenvalue weighted by Gasteiger charge is -2.30. The highest BCUT2D eigenvalue weighted by Gasteiger charge is 2.39. The maximum Gasteiger partial charge on any atom is 0.00847 e. The van der Waals surface area contributed by atoms with Crippen molar-refractivity contribution in [3.05, 3.63) is 33.4 Å². The van der Waals surface area contributed by atoms with E-state index in [1.54, 1.807) is 22.3 Å². The number of rotatable bonds is 0. The molecule has 0 bridgehead atoms. The monoisotopic (exact) mass is 216 g/mol. The fourth-order valence-electron chi connectivity index (χ4n) is 3.59. The Balaban J connectivity index is 2.67. The maximum absolute atomic E-state index is 2.41. The number of hydrogen-bond donors (Lipinski definition) is 0. The van der Waals surface area contributed by atoms with Crippen molar-refractivity contribution in [2.75, 3.05) is 0 Å². The van der Waals surface area contributed by atoms with Crippen LogP contribution in [0.3, 0.4) is 0 Å². The van der Waals surface area contributed by atoms with E-state index in [1.165, 1.54) is 11.1 Å². The van der Waals surface area contributed by atoms with E-state index in [0.29, 0.717) is 5.92 Å². The molecular weight excluding hydrogens is 192 g/mol. The lowest BCUT2D eigenvalue weighted by Crippen LogP contribution is -2.19. The van der Waals surface area contributed by atoms with E-state index in [-0.39, 0.29) is 0 Å². The minimum atomic E-state index is 0.693. The van der Waals surface area contributed by atoms with Gasteiger partial charge in [0.1, 0.15) is 0 Å². The summed E-state index contributed by atoms with van der Waals surface area (Å²) in [5.74, 6) is 2.20. The number of fused-ring (bicyclic) bond motifs is 1. The summed E-state index contributed by atoms with van der Waals surface area (Å²) in [6, 6.07) is 0. The van der Waals surface area contributed by atoms with Gasteiger partial charge in [0.25, 0.3) is 0 Å². The largest absolute Gasteiger partial charge is 0.0661 e. The molecule has 2 aliphatic carbocycles. The van der Waals surface area contributed by atoms with E-state index in [0.717, 1.165) is 11.8 Å². The average molecular weight is 216 g/mol. The molecule has 3 unspecified atom stereocenters. The molecule has 0 spiro atoms. The molecule has 0 saturated heterocycles. The summed E-state index contributed by atoms with van der Waals surface area (Å²) in [5, 5.41) is 0. The van der Waals surface area contributed by atoms with Crippen LogP contribution in [0.4, 0.5) is 0 Å². The van der Waals surface area contributed by atoms with Crippen LogP contribution in [0.1, 0.15) is 48.5 Å². The van der Waals surface area contributed by atoms with Gasteiger partial charge in [-0.15, -0.1) is 0 Å². The zero-order valence-electron chi connectivity index (χ0n) is 11.7. The van der Waals surface area contributed by atoms with Gasteiger partial charge < -0.3 is 0 Å². The van der Waals surface area contributed by atoms with Gasteiger partial charge in [-0.1, -0.05) is 25.0 Å². The van der Waals surface area contributed by atoms with Crippen LogP contribution in [0.2, 0.25) is 0 Å². The second-order valence-corrected chi connectivity index (χ2v) is 5.78. The van der Waals surface area contributed by atoms with Gasteiger partial charge in [0.05, 0.1) is 0 Å². The molecule has 0 aromatic rings. The summed E-state index contributed by atoms with van der Waals surface area (Å²) in [6.45, 7) is 16.3. The van der Waals surface area contributed by atoms with Crippen LogP contribution in [-0.2, 0) is 0 Å². The standard InChI is InChI=1S/C16H24/c1-8-9(2)12(5)16-14(7)10(3)13(6)15(16)11(8)4/h10,13,15H,1-7H3. The molecule has 0 saturated carbocycles. The van der Waals surface area contributed by atoms with Crippen molar-refractivity contribution in [2.45, 2.75) is 48.5 Å². The zero-order valence-corrected chi connectivity index (χ0v) is 11.7. The van der Waals surface area contributed by atoms with Crippen LogP contribution in [0.25, 0.3) is 0 Å². The van der Waals surface area contributed by atoms with Gasteiger partial charge in [-0.3, -0.25) is 0 Å². The molecular formula is C16H24. The fraction of sp³-hybridized carbons (Fsp3) is 0.625. The van der Waals surface area contributed by atoms with Crippen molar-refractivity contribution in [1.29, 1.82) is 0 Å². The Morgan fingerprint density at radius 3 is 1.81 bits per heavy atom. The van der Waals surface area contributed by atoms with E-state index in [2.05, 4.69) is 48.5 Å². The first kappa shape index (κ1) is 11.7. The van der Waals surface area contributed by atoms with Gasteiger partial charge >= 0.3 is 0 Å². The van der Waals surface area contributed by atoms with Crippen LogP contribution in [0.5, 0.6) is 0 Å². The molecule has 0 aliphatic heterocycles. The summed E-state index contributed by atoms with van der Waals surface area (Å²) >= 11 is 0. The van der Waals surface area contributed by atoms with Gasteiger partial charge in [0.15, 0.2) is 0 Å². The molecule has 0 heteroatoms. The summed E-state index contributed by atoms with van der Waals surface area (Å²) in [5.41, 5.74) is 9.46. The Kier molecular flexibility index (Phi) is 2.64. The second kappa shape index (κ2) is 3.61. The number of hydrogen-bond acceptors (Lipinski definition) is 0. The molecule has 2 aliphatic rings. The van der Waals surface area contributed by atoms with Gasteiger partial charge in [0, 0.05) is 5.92 Å². The van der Waals surface area contributed by atoms with Crippen LogP contribution < -0.4 is 0 Å². The average Bonchev–Trinajstić information content (AvgIpc) is 2.48. The van der Waals surface area contributed by atoms with Crippen LogP contribution in [0.15, 0.2) is 33.4 Å². The SMILES string of the molecule is CC1=C(C)C2=C(C)C(C)C(C)C2C(C)=C1C. The highest BCUT2D eigenvalue weighted by molar-refractivity contribution is 5.56. The van der Waals surface area contributed by atoms with E-state index < -0.39 is 0 Å². The van der Waals surface area contributed by atoms with Crippen molar-refractivity contribution < 1.29 is 0 Å². The molecule has 0 nitrogen and oxygen atoms in total. The topological polar surface area (TPSA) is 0 Å². The Labute approximate surface area is 100 Å². The minimum Gasteiger partial charge on any atom is -0.0661 e. The smallest absolute Gasteiger partial charge is 0.00847 e. The first-order valence-corrected chi connectivity index (χ1v) is 6.44. The highest BCUT2D eigenvalue weighted by Crippen LogP contribution is 2.51. The molecule has 3 atom stereocenters. The molecule has 0 N–H and O–H groups in total. The van der Waals surface area contributed by atoms with Crippen molar-refractivity contribution in [2.24, 2.45) is 17.8 Å². The quantitative estimate of drug-likeness (QED) is 0.540. The molecule has 88 valence electrons. The molecule has 0 fully saturated rings. The van der Waals surface area contributed by atoms with E-state index in [9.17, 15) is 0 Å². The fourth-order valence-corrected chi connectivity index (χ4v) is 3.59. The van der Waals surface area contributed by atoms with Crippen LogP contribution >= 0.6 is 0 Å². The maximum atomic E-state index is 2.41. The Bertz CT molecular complexity index is 429. The molecule has 0 aromatic heterocycles. The predicted molar refractivity (Wildman–Crippen MR) is 71.3 cm³/mol. The van der Waals surface area contributed by atoms with Crippen LogP contribution in [0, 0.1) is 17.8 Å². The summed E-state index contributed by atoms with van der Waals surface area (Å²) in [7, 11) is 0. The third-order valence-corrected chi connectivity index (χ3v) is 5.32. The first-order chi connectivity index (χ1) is 7.37.